The highest BCUT2D eigenvalue weighted by Crippen LogP contribution is 2.27. The summed E-state index contributed by atoms with van der Waals surface area (Å²) in [5.74, 6) is 0.887. The fourth-order valence-corrected chi connectivity index (χ4v) is 3.10. The van der Waals surface area contributed by atoms with Crippen LogP contribution in [-0.2, 0) is 11.2 Å². The number of anilines is 1. The van der Waals surface area contributed by atoms with Gasteiger partial charge >= 0.3 is 0 Å². The molecule has 29 heavy (non-hydrogen) atoms. The Hall–Kier alpha value is -3.31. The van der Waals surface area contributed by atoms with Crippen LogP contribution in [0, 0.1) is 0 Å². The quantitative estimate of drug-likeness (QED) is 0.444. The number of amides is 1. The summed E-state index contributed by atoms with van der Waals surface area (Å²) in [5.41, 5.74) is 3.90. The van der Waals surface area contributed by atoms with Crippen molar-refractivity contribution >= 4 is 34.3 Å². The van der Waals surface area contributed by atoms with Gasteiger partial charge in [-0.15, -0.1) is 0 Å². The van der Waals surface area contributed by atoms with Crippen LogP contribution in [0.25, 0.3) is 22.6 Å². The number of fused-ring (bicyclic) bond motifs is 1. The number of carbonyl (C=O) groups excluding carboxylic acids is 1. The van der Waals surface area contributed by atoms with Crippen LogP contribution in [0.3, 0.4) is 0 Å². The Balaban J connectivity index is 1.43. The van der Waals surface area contributed by atoms with Crippen LogP contribution >= 0.6 is 11.6 Å². The first kappa shape index (κ1) is 19.0. The van der Waals surface area contributed by atoms with Crippen LogP contribution in [0.4, 0.5) is 5.69 Å². The molecule has 6 heteroatoms. The van der Waals surface area contributed by atoms with Crippen molar-refractivity contribution in [3.8, 4) is 17.2 Å². The second-order valence-electron chi connectivity index (χ2n) is 6.55. The van der Waals surface area contributed by atoms with E-state index in [1.54, 1.807) is 30.3 Å². The number of nitrogens with zero attached hydrogens (tertiary/aromatic N) is 1. The topological polar surface area (TPSA) is 64.4 Å². The molecular weight excluding hydrogens is 388 g/mol. The molecule has 0 aliphatic heterocycles. The Morgan fingerprint density at radius 2 is 1.93 bits per heavy atom. The third-order valence-electron chi connectivity index (χ3n) is 4.45. The second-order valence-corrected chi connectivity index (χ2v) is 6.98. The molecular formula is C23H19ClN2O3. The lowest BCUT2D eigenvalue weighted by Crippen LogP contribution is -2.20. The fraction of sp³-hybridized carbons (Fsp3) is 0.130. The number of hydrogen-bond acceptors (Lipinski definition) is 4. The van der Waals surface area contributed by atoms with Crippen molar-refractivity contribution in [2.24, 2.45) is 0 Å². The standard InChI is InChI=1S/C23H19ClN2O3/c1-2-15-6-9-19(10-7-15)28-14-22(27)25-18-8-11-20-21(13-18)29-23(26-20)16-4-3-5-17(24)12-16/h3-13H,2,14H2,1H3,(H,25,27). The molecule has 4 aromatic rings. The molecule has 1 N–H and O–H groups in total. The largest absolute Gasteiger partial charge is 0.484 e. The fourth-order valence-electron chi connectivity index (χ4n) is 2.91. The normalized spacial score (nSPS) is 10.8. The molecule has 0 fully saturated rings. The monoisotopic (exact) mass is 406 g/mol. The molecule has 1 amide bonds. The highest BCUT2D eigenvalue weighted by Gasteiger charge is 2.11. The van der Waals surface area contributed by atoms with E-state index < -0.39 is 0 Å². The molecule has 0 saturated heterocycles. The van der Waals surface area contributed by atoms with Gasteiger partial charge in [0, 0.05) is 22.3 Å². The van der Waals surface area contributed by atoms with Gasteiger partial charge < -0.3 is 14.5 Å². The summed E-state index contributed by atoms with van der Waals surface area (Å²) < 4.78 is 11.4. The van der Waals surface area contributed by atoms with Gasteiger partial charge in [0.05, 0.1) is 0 Å². The molecule has 5 nitrogen and oxygen atoms in total. The van der Waals surface area contributed by atoms with Gasteiger partial charge in [-0.3, -0.25) is 4.79 Å². The van der Waals surface area contributed by atoms with Gasteiger partial charge in [-0.1, -0.05) is 36.7 Å². The van der Waals surface area contributed by atoms with Crippen molar-refractivity contribution in [2.75, 3.05) is 11.9 Å². The van der Waals surface area contributed by atoms with Crippen LogP contribution < -0.4 is 10.1 Å². The lowest BCUT2D eigenvalue weighted by molar-refractivity contribution is -0.118. The van der Waals surface area contributed by atoms with Crippen LogP contribution in [0.1, 0.15) is 12.5 Å². The van der Waals surface area contributed by atoms with Gasteiger partial charge in [0.2, 0.25) is 5.89 Å². The van der Waals surface area contributed by atoms with Crippen LogP contribution in [-0.4, -0.2) is 17.5 Å². The zero-order valence-corrected chi connectivity index (χ0v) is 16.6. The minimum absolute atomic E-state index is 0.0757. The summed E-state index contributed by atoms with van der Waals surface area (Å²) in [7, 11) is 0. The van der Waals surface area contributed by atoms with E-state index in [9.17, 15) is 4.79 Å². The maximum absolute atomic E-state index is 12.2. The maximum atomic E-state index is 12.2. The minimum Gasteiger partial charge on any atom is -0.484 e. The number of aromatic nitrogens is 1. The molecule has 4 rings (SSSR count). The van der Waals surface area contributed by atoms with Crippen LogP contribution in [0.2, 0.25) is 5.02 Å². The Morgan fingerprint density at radius 1 is 1.10 bits per heavy atom. The Bertz CT molecular complexity index is 1150. The third-order valence-corrected chi connectivity index (χ3v) is 4.68. The number of benzene rings is 3. The molecule has 0 spiro atoms. The van der Waals surface area contributed by atoms with Crippen molar-refractivity contribution in [3.63, 3.8) is 0 Å². The summed E-state index contributed by atoms with van der Waals surface area (Å²) in [6.07, 6.45) is 0.962. The summed E-state index contributed by atoms with van der Waals surface area (Å²) >= 11 is 6.04. The van der Waals surface area contributed by atoms with Crippen molar-refractivity contribution < 1.29 is 13.9 Å². The summed E-state index contributed by atoms with van der Waals surface area (Å²) in [4.78, 5) is 16.7. The number of oxazole rings is 1. The van der Waals surface area contributed by atoms with Gasteiger partial charge in [-0.25, -0.2) is 4.98 Å². The first-order chi connectivity index (χ1) is 14.1. The SMILES string of the molecule is CCc1ccc(OCC(=O)Nc2ccc3nc(-c4cccc(Cl)c4)oc3c2)cc1. The van der Waals surface area contributed by atoms with E-state index in [0.29, 0.717) is 33.4 Å². The Morgan fingerprint density at radius 3 is 2.69 bits per heavy atom. The summed E-state index contributed by atoms with van der Waals surface area (Å²) in [6, 6.07) is 20.3. The van der Waals surface area contributed by atoms with Gasteiger partial charge in [-0.2, -0.15) is 0 Å². The number of aryl methyl sites for hydroxylation is 1. The van der Waals surface area contributed by atoms with E-state index in [0.717, 1.165) is 12.0 Å². The van der Waals surface area contributed by atoms with E-state index in [-0.39, 0.29) is 12.5 Å². The smallest absolute Gasteiger partial charge is 0.262 e. The molecule has 0 radical (unpaired) electrons. The zero-order valence-electron chi connectivity index (χ0n) is 15.8. The van der Waals surface area contributed by atoms with Crippen molar-refractivity contribution in [1.29, 1.82) is 0 Å². The first-order valence-corrected chi connectivity index (χ1v) is 9.66. The average Bonchev–Trinajstić information content (AvgIpc) is 3.16. The van der Waals surface area contributed by atoms with Crippen LogP contribution in [0.15, 0.2) is 71.1 Å². The second kappa shape index (κ2) is 8.37. The molecule has 0 aliphatic rings. The lowest BCUT2D eigenvalue weighted by atomic mass is 10.2. The number of rotatable bonds is 6. The molecule has 0 bridgehead atoms. The molecule has 1 heterocycles. The molecule has 0 aliphatic carbocycles. The number of ether oxygens (including phenoxy) is 1. The number of hydrogen-bond donors (Lipinski definition) is 1. The highest BCUT2D eigenvalue weighted by molar-refractivity contribution is 6.30. The number of carbonyl (C=O) groups is 1. The van der Waals surface area contributed by atoms with Gasteiger partial charge in [0.1, 0.15) is 11.3 Å². The minimum atomic E-state index is -0.251. The molecule has 0 saturated carbocycles. The van der Waals surface area contributed by atoms with Gasteiger partial charge in [0.15, 0.2) is 12.2 Å². The van der Waals surface area contributed by atoms with Gasteiger partial charge in [-0.05, 0) is 54.4 Å². The molecule has 3 aromatic carbocycles. The Labute approximate surface area is 173 Å². The van der Waals surface area contributed by atoms with E-state index in [4.69, 9.17) is 20.8 Å². The summed E-state index contributed by atoms with van der Waals surface area (Å²) in [5, 5.41) is 3.43. The lowest BCUT2D eigenvalue weighted by Gasteiger charge is -2.08. The van der Waals surface area contributed by atoms with Crippen LogP contribution in [0.5, 0.6) is 5.75 Å². The van der Waals surface area contributed by atoms with E-state index in [1.807, 2.05) is 36.4 Å². The molecule has 0 unspecified atom stereocenters. The Kier molecular flexibility index (Phi) is 5.49. The predicted molar refractivity (Wildman–Crippen MR) is 114 cm³/mol. The van der Waals surface area contributed by atoms with Crippen molar-refractivity contribution in [1.82, 2.24) is 4.98 Å². The number of nitrogens with one attached hydrogen (secondary N) is 1. The predicted octanol–water partition coefficient (Wildman–Crippen LogP) is 5.73. The van der Waals surface area contributed by atoms with E-state index in [2.05, 4.69) is 17.2 Å². The van der Waals surface area contributed by atoms with E-state index in [1.165, 1.54) is 5.56 Å². The first-order valence-electron chi connectivity index (χ1n) is 9.29. The van der Waals surface area contributed by atoms with Crippen molar-refractivity contribution in [3.05, 3.63) is 77.3 Å². The highest BCUT2D eigenvalue weighted by atomic mass is 35.5. The third kappa shape index (κ3) is 4.58. The molecule has 1 aromatic heterocycles. The van der Waals surface area contributed by atoms with Crippen molar-refractivity contribution in [2.45, 2.75) is 13.3 Å². The molecule has 0 atom stereocenters. The van der Waals surface area contributed by atoms with Gasteiger partial charge in [0.25, 0.3) is 5.91 Å². The zero-order chi connectivity index (χ0) is 20.2. The number of halogens is 1. The summed E-state index contributed by atoms with van der Waals surface area (Å²) in [6.45, 7) is 2.01. The molecule has 146 valence electrons. The average molecular weight is 407 g/mol. The van der Waals surface area contributed by atoms with E-state index >= 15 is 0 Å². The maximum Gasteiger partial charge on any atom is 0.262 e.